The molecule has 1 aliphatic heterocycles. The topological polar surface area (TPSA) is 49.4 Å². The van der Waals surface area contributed by atoms with Crippen molar-refractivity contribution in [3.8, 4) is 0 Å². The molecule has 0 saturated carbocycles. The lowest BCUT2D eigenvalue weighted by molar-refractivity contribution is -0.137. The summed E-state index contributed by atoms with van der Waals surface area (Å²) in [5, 5.41) is 2.98. The second-order valence-electron chi connectivity index (χ2n) is 6.10. The highest BCUT2D eigenvalue weighted by Gasteiger charge is 2.33. The van der Waals surface area contributed by atoms with Crippen LogP contribution in [0.5, 0.6) is 0 Å². The molecule has 0 bridgehead atoms. The van der Waals surface area contributed by atoms with Crippen molar-refractivity contribution in [1.29, 1.82) is 0 Å². The standard InChI is InChI=1S/C17H19F3N2O2S3/c1-21-11-13-4-5-16(25-13)26(23)14-8-12(17(18,19)20)9-15(10-14)27(24)22-6-2-3-7-22/h4-5,8-10,21H,2-3,6-7,11H2,1H3. The Morgan fingerprint density at radius 1 is 1.11 bits per heavy atom. The molecule has 3 rings (SSSR count). The summed E-state index contributed by atoms with van der Waals surface area (Å²) in [6.07, 6.45) is -2.86. The third-order valence-corrected chi connectivity index (χ3v) is 8.32. The molecule has 0 amide bonds. The summed E-state index contributed by atoms with van der Waals surface area (Å²) in [6.45, 7) is 1.76. The molecule has 1 aromatic heterocycles. The molecule has 1 saturated heterocycles. The molecule has 27 heavy (non-hydrogen) atoms. The van der Waals surface area contributed by atoms with E-state index in [1.807, 2.05) is 0 Å². The van der Waals surface area contributed by atoms with Gasteiger partial charge in [-0.3, -0.25) is 0 Å². The van der Waals surface area contributed by atoms with E-state index >= 15 is 0 Å². The highest BCUT2D eigenvalue weighted by molar-refractivity contribution is 7.87. The molecule has 2 heterocycles. The first-order valence-electron chi connectivity index (χ1n) is 8.34. The monoisotopic (exact) mass is 436 g/mol. The zero-order valence-corrected chi connectivity index (χ0v) is 17.0. The molecule has 2 unspecified atom stereocenters. The van der Waals surface area contributed by atoms with E-state index in [0.717, 1.165) is 29.9 Å². The highest BCUT2D eigenvalue weighted by Crippen LogP contribution is 2.34. The molecular weight excluding hydrogens is 417 g/mol. The molecule has 2 aromatic rings. The number of benzene rings is 1. The SMILES string of the molecule is CNCc1ccc(S(=O)c2cc(S(=O)N3CCCC3)cc(C(F)(F)F)c2)s1. The first-order valence-corrected chi connectivity index (χ1v) is 11.4. The van der Waals surface area contributed by atoms with E-state index in [2.05, 4.69) is 5.32 Å². The van der Waals surface area contributed by atoms with Crippen molar-refractivity contribution >= 4 is 33.1 Å². The normalized spacial score (nSPS) is 17.9. The quantitative estimate of drug-likeness (QED) is 0.750. The van der Waals surface area contributed by atoms with Crippen LogP contribution in [0.3, 0.4) is 0 Å². The maximum Gasteiger partial charge on any atom is 0.416 e. The van der Waals surface area contributed by atoms with Gasteiger partial charge in [0.1, 0.15) is 11.0 Å². The molecular formula is C17H19F3N2O2S3. The predicted octanol–water partition coefficient (Wildman–Crippen LogP) is 3.77. The summed E-state index contributed by atoms with van der Waals surface area (Å²) in [5.41, 5.74) is -0.928. The van der Waals surface area contributed by atoms with Gasteiger partial charge in [-0.05, 0) is 50.2 Å². The lowest BCUT2D eigenvalue weighted by atomic mass is 10.2. The number of nitrogens with one attached hydrogen (secondary N) is 1. The zero-order valence-electron chi connectivity index (χ0n) is 14.5. The van der Waals surface area contributed by atoms with Crippen LogP contribution in [0.15, 0.2) is 44.3 Å². The lowest BCUT2D eigenvalue weighted by Crippen LogP contribution is -2.22. The fourth-order valence-electron chi connectivity index (χ4n) is 2.79. The van der Waals surface area contributed by atoms with Crippen molar-refractivity contribution in [3.05, 3.63) is 40.8 Å². The molecule has 1 N–H and O–H groups in total. The molecule has 0 radical (unpaired) electrons. The van der Waals surface area contributed by atoms with Crippen LogP contribution in [-0.4, -0.2) is 32.9 Å². The van der Waals surface area contributed by atoms with Gasteiger partial charge in [0.25, 0.3) is 0 Å². The van der Waals surface area contributed by atoms with Crippen LogP contribution in [0, 0.1) is 0 Å². The summed E-state index contributed by atoms with van der Waals surface area (Å²) in [5.74, 6) is 0. The fourth-order valence-corrected chi connectivity index (χ4v) is 6.76. The van der Waals surface area contributed by atoms with Crippen LogP contribution < -0.4 is 5.32 Å². The van der Waals surface area contributed by atoms with Crippen LogP contribution in [0.2, 0.25) is 0 Å². The fraction of sp³-hybridized carbons (Fsp3) is 0.412. The van der Waals surface area contributed by atoms with Crippen LogP contribution >= 0.6 is 11.3 Å². The molecule has 1 fully saturated rings. The number of thiophene rings is 1. The van der Waals surface area contributed by atoms with Crippen LogP contribution in [0.4, 0.5) is 13.2 Å². The molecule has 2 atom stereocenters. The molecule has 148 valence electrons. The van der Waals surface area contributed by atoms with Gasteiger partial charge in [-0.15, -0.1) is 11.3 Å². The largest absolute Gasteiger partial charge is 0.416 e. The molecule has 1 aliphatic rings. The number of hydrogen-bond acceptors (Lipinski definition) is 4. The molecule has 0 aliphatic carbocycles. The van der Waals surface area contributed by atoms with Crippen molar-refractivity contribution in [2.75, 3.05) is 20.1 Å². The van der Waals surface area contributed by atoms with E-state index in [1.54, 1.807) is 23.5 Å². The maximum atomic E-state index is 13.3. The molecule has 10 heteroatoms. The Morgan fingerprint density at radius 2 is 1.78 bits per heavy atom. The third kappa shape index (κ3) is 4.86. The summed E-state index contributed by atoms with van der Waals surface area (Å²) >= 11 is 1.28. The van der Waals surface area contributed by atoms with Crippen molar-refractivity contribution in [2.45, 2.75) is 39.6 Å². The smallest absolute Gasteiger partial charge is 0.315 e. The Labute approximate surface area is 164 Å². The minimum Gasteiger partial charge on any atom is -0.315 e. The lowest BCUT2D eigenvalue weighted by Gasteiger charge is -2.16. The zero-order chi connectivity index (χ0) is 19.6. The van der Waals surface area contributed by atoms with Gasteiger partial charge in [-0.25, -0.2) is 12.7 Å². The van der Waals surface area contributed by atoms with Crippen molar-refractivity contribution < 1.29 is 21.6 Å². The Hall–Kier alpha value is -1.07. The van der Waals surface area contributed by atoms with Gasteiger partial charge in [0, 0.05) is 29.4 Å². The highest BCUT2D eigenvalue weighted by atomic mass is 32.2. The van der Waals surface area contributed by atoms with Crippen molar-refractivity contribution in [2.24, 2.45) is 0 Å². The van der Waals surface area contributed by atoms with Crippen LogP contribution in [0.1, 0.15) is 23.3 Å². The molecule has 1 aromatic carbocycles. The first kappa shape index (κ1) is 20.7. The van der Waals surface area contributed by atoms with E-state index in [-0.39, 0.29) is 9.79 Å². The van der Waals surface area contributed by atoms with Gasteiger partial charge in [0.2, 0.25) is 0 Å². The van der Waals surface area contributed by atoms with E-state index < -0.39 is 33.5 Å². The average Bonchev–Trinajstić information content (AvgIpc) is 3.31. The number of halogens is 3. The third-order valence-electron chi connectivity index (χ3n) is 4.09. The summed E-state index contributed by atoms with van der Waals surface area (Å²) < 4.78 is 67.7. The summed E-state index contributed by atoms with van der Waals surface area (Å²) in [4.78, 5) is 1.00. The Balaban J connectivity index is 1.98. The Kier molecular flexibility index (Phi) is 6.52. The van der Waals surface area contributed by atoms with Gasteiger partial charge in [-0.2, -0.15) is 13.2 Å². The Bertz CT molecular complexity index is 861. The summed E-state index contributed by atoms with van der Waals surface area (Å²) in [7, 11) is -1.68. The predicted molar refractivity (Wildman–Crippen MR) is 100 cm³/mol. The first-order chi connectivity index (χ1) is 12.8. The van der Waals surface area contributed by atoms with E-state index in [9.17, 15) is 21.6 Å². The Morgan fingerprint density at radius 3 is 2.41 bits per heavy atom. The van der Waals surface area contributed by atoms with Crippen LogP contribution in [-0.2, 0) is 34.5 Å². The number of rotatable bonds is 6. The molecule has 0 spiro atoms. The van der Waals surface area contributed by atoms with Gasteiger partial charge in [-0.1, -0.05) is 0 Å². The number of hydrogen-bond donors (Lipinski definition) is 1. The maximum absolute atomic E-state index is 13.3. The number of alkyl halides is 3. The minimum absolute atomic E-state index is 0.0187. The molecule has 4 nitrogen and oxygen atoms in total. The van der Waals surface area contributed by atoms with E-state index in [4.69, 9.17) is 0 Å². The summed E-state index contributed by atoms with van der Waals surface area (Å²) in [6, 6.07) is 6.61. The van der Waals surface area contributed by atoms with Gasteiger partial charge in [0.15, 0.2) is 0 Å². The van der Waals surface area contributed by atoms with Crippen LogP contribution in [0.25, 0.3) is 0 Å². The second-order valence-corrected chi connectivity index (χ2v) is 10.5. The van der Waals surface area contributed by atoms with Crippen molar-refractivity contribution in [3.63, 3.8) is 0 Å². The van der Waals surface area contributed by atoms with E-state index in [1.165, 1.54) is 17.4 Å². The van der Waals surface area contributed by atoms with Crippen molar-refractivity contribution in [1.82, 2.24) is 9.62 Å². The minimum atomic E-state index is -4.60. The van der Waals surface area contributed by atoms with Gasteiger partial charge >= 0.3 is 6.18 Å². The number of nitrogens with zero attached hydrogens (tertiary/aromatic N) is 1. The van der Waals surface area contributed by atoms with Gasteiger partial charge in [0.05, 0.1) is 25.5 Å². The second kappa shape index (κ2) is 8.52. The van der Waals surface area contributed by atoms with Gasteiger partial charge < -0.3 is 5.32 Å². The van der Waals surface area contributed by atoms with E-state index in [0.29, 0.717) is 23.8 Å². The average molecular weight is 437 g/mol.